The first-order valence-electron chi connectivity index (χ1n) is 7.07. The van der Waals surface area contributed by atoms with E-state index in [1.165, 1.54) is 31.2 Å². The number of rotatable bonds is 6. The third kappa shape index (κ3) is 5.34. The summed E-state index contributed by atoms with van der Waals surface area (Å²) in [5.74, 6) is -3.68. The number of hydrogen-bond acceptors (Lipinski definition) is 4. The molecule has 7 heteroatoms. The first kappa shape index (κ1) is 17.9. The van der Waals surface area contributed by atoms with E-state index in [9.17, 15) is 18.4 Å². The second-order valence-corrected chi connectivity index (χ2v) is 5.87. The van der Waals surface area contributed by atoms with Crippen LogP contribution in [0.3, 0.4) is 0 Å². The molecule has 1 N–H and O–H groups in total. The topological polar surface area (TPSA) is 55.4 Å². The van der Waals surface area contributed by atoms with Gasteiger partial charge < -0.3 is 10.1 Å². The van der Waals surface area contributed by atoms with Gasteiger partial charge in [-0.3, -0.25) is 4.79 Å². The number of carbonyl (C=O) groups excluding carboxylic acids is 2. The molecule has 0 aromatic heterocycles. The normalized spacial score (nSPS) is 11.8. The Hall–Kier alpha value is -2.41. The van der Waals surface area contributed by atoms with Crippen LogP contribution in [-0.2, 0) is 9.53 Å². The van der Waals surface area contributed by atoms with E-state index in [0.29, 0.717) is 22.3 Å². The van der Waals surface area contributed by atoms with Crippen molar-refractivity contribution in [2.75, 3.05) is 5.32 Å². The van der Waals surface area contributed by atoms with Gasteiger partial charge in [0.05, 0.1) is 5.56 Å². The van der Waals surface area contributed by atoms with E-state index in [4.69, 9.17) is 4.74 Å². The second kappa shape index (κ2) is 8.44. The van der Waals surface area contributed by atoms with Gasteiger partial charge in [-0.15, -0.1) is 0 Å². The summed E-state index contributed by atoms with van der Waals surface area (Å²) in [5.41, 5.74) is 0.784. The van der Waals surface area contributed by atoms with Gasteiger partial charge in [-0.05, 0) is 43.3 Å². The van der Waals surface area contributed by atoms with Gasteiger partial charge in [0, 0.05) is 10.6 Å². The average molecular weight is 351 g/mol. The molecular weight excluding hydrogens is 336 g/mol. The summed E-state index contributed by atoms with van der Waals surface area (Å²) in [6.07, 6.45) is -0.993. The maximum Gasteiger partial charge on any atom is 0.338 e. The number of thioether (sulfide) groups is 1. The van der Waals surface area contributed by atoms with Gasteiger partial charge >= 0.3 is 5.97 Å². The lowest BCUT2D eigenvalue weighted by atomic mass is 10.2. The molecule has 0 bridgehead atoms. The van der Waals surface area contributed by atoms with E-state index >= 15 is 0 Å². The van der Waals surface area contributed by atoms with Crippen LogP contribution in [0.1, 0.15) is 17.3 Å². The SMILES string of the molecule is CC(OC(=O)c1ccc(SC(F)F)cc1)C(=O)Nc1ccccc1. The Bertz CT molecular complexity index is 693. The number of benzene rings is 2. The number of para-hydroxylation sites is 1. The molecule has 0 fully saturated rings. The molecule has 0 radical (unpaired) electrons. The maximum absolute atomic E-state index is 12.2. The molecule has 2 aromatic carbocycles. The number of esters is 1. The summed E-state index contributed by atoms with van der Waals surface area (Å²) < 4.78 is 29.6. The van der Waals surface area contributed by atoms with E-state index in [0.717, 1.165) is 0 Å². The Labute approximate surface area is 142 Å². The number of amides is 1. The highest BCUT2D eigenvalue weighted by Gasteiger charge is 2.19. The standard InChI is InChI=1S/C17H15F2NO3S/c1-11(15(21)20-13-5-3-2-4-6-13)23-16(22)12-7-9-14(10-8-12)24-17(18)19/h2-11,17H,1H3,(H,20,21). The number of carbonyl (C=O) groups is 2. The summed E-state index contributed by atoms with van der Waals surface area (Å²) in [4.78, 5) is 24.3. The number of alkyl halides is 2. The molecule has 1 amide bonds. The van der Waals surface area contributed by atoms with Gasteiger partial charge in [0.25, 0.3) is 11.7 Å². The fraction of sp³-hybridized carbons (Fsp3) is 0.176. The molecule has 24 heavy (non-hydrogen) atoms. The molecule has 2 aromatic rings. The molecule has 2 rings (SSSR count). The summed E-state index contributed by atoms with van der Waals surface area (Å²) in [6.45, 7) is 1.46. The molecule has 1 atom stereocenters. The van der Waals surface area contributed by atoms with Crippen molar-refractivity contribution >= 4 is 29.3 Å². The zero-order chi connectivity index (χ0) is 17.5. The van der Waals surface area contributed by atoms with Crippen LogP contribution in [0.4, 0.5) is 14.5 Å². The predicted octanol–water partition coefficient (Wildman–Crippen LogP) is 4.19. The maximum atomic E-state index is 12.2. The van der Waals surface area contributed by atoms with E-state index in [1.807, 2.05) is 6.07 Å². The predicted molar refractivity (Wildman–Crippen MR) is 88.3 cm³/mol. The van der Waals surface area contributed by atoms with Gasteiger partial charge in [0.2, 0.25) is 0 Å². The molecule has 1 unspecified atom stereocenters. The lowest BCUT2D eigenvalue weighted by Gasteiger charge is -2.13. The van der Waals surface area contributed by atoms with Gasteiger partial charge in [0.1, 0.15) is 0 Å². The van der Waals surface area contributed by atoms with Crippen LogP contribution in [0.15, 0.2) is 59.5 Å². The van der Waals surface area contributed by atoms with Crippen molar-refractivity contribution in [1.82, 2.24) is 0 Å². The second-order valence-electron chi connectivity index (χ2n) is 4.81. The molecular formula is C17H15F2NO3S. The number of ether oxygens (including phenoxy) is 1. The summed E-state index contributed by atoms with van der Waals surface area (Å²) in [7, 11) is 0. The zero-order valence-corrected chi connectivity index (χ0v) is 13.6. The fourth-order valence-electron chi connectivity index (χ4n) is 1.82. The minimum absolute atomic E-state index is 0.188. The number of hydrogen-bond donors (Lipinski definition) is 1. The molecule has 0 heterocycles. The van der Waals surface area contributed by atoms with Crippen LogP contribution in [0, 0.1) is 0 Å². The van der Waals surface area contributed by atoms with E-state index < -0.39 is 23.7 Å². The van der Waals surface area contributed by atoms with E-state index in [1.54, 1.807) is 24.3 Å². The Balaban J connectivity index is 1.92. The molecule has 0 aliphatic rings. The van der Waals surface area contributed by atoms with Crippen LogP contribution >= 0.6 is 11.8 Å². The van der Waals surface area contributed by atoms with Crippen LogP contribution in [-0.4, -0.2) is 23.7 Å². The number of halogens is 2. The first-order valence-corrected chi connectivity index (χ1v) is 7.95. The van der Waals surface area contributed by atoms with Crippen molar-refractivity contribution in [2.45, 2.75) is 23.7 Å². The largest absolute Gasteiger partial charge is 0.449 e. The monoisotopic (exact) mass is 351 g/mol. The fourth-order valence-corrected chi connectivity index (χ4v) is 2.32. The molecule has 0 saturated carbocycles. The van der Waals surface area contributed by atoms with Gasteiger partial charge in [-0.1, -0.05) is 30.0 Å². The average Bonchev–Trinajstić information content (AvgIpc) is 2.55. The Morgan fingerprint density at radius 1 is 1.04 bits per heavy atom. The van der Waals surface area contributed by atoms with Crippen LogP contribution in [0.2, 0.25) is 0 Å². The summed E-state index contributed by atoms with van der Waals surface area (Å²) in [5, 5.41) is 2.63. The van der Waals surface area contributed by atoms with Crippen molar-refractivity contribution in [3.63, 3.8) is 0 Å². The van der Waals surface area contributed by atoms with Crippen LogP contribution in [0.5, 0.6) is 0 Å². The highest BCUT2D eigenvalue weighted by atomic mass is 32.2. The number of anilines is 1. The highest BCUT2D eigenvalue weighted by molar-refractivity contribution is 7.99. The first-order chi connectivity index (χ1) is 11.5. The summed E-state index contributed by atoms with van der Waals surface area (Å²) >= 11 is 0.389. The van der Waals surface area contributed by atoms with Gasteiger partial charge in [-0.2, -0.15) is 8.78 Å². The third-order valence-corrected chi connectivity index (χ3v) is 3.73. The smallest absolute Gasteiger partial charge is 0.338 e. The summed E-state index contributed by atoms with van der Waals surface area (Å²) in [6, 6.07) is 14.4. The Kier molecular flexibility index (Phi) is 6.31. The Morgan fingerprint density at radius 2 is 1.67 bits per heavy atom. The Morgan fingerprint density at radius 3 is 2.25 bits per heavy atom. The lowest BCUT2D eigenvalue weighted by Crippen LogP contribution is -2.29. The molecule has 0 saturated heterocycles. The zero-order valence-electron chi connectivity index (χ0n) is 12.7. The van der Waals surface area contributed by atoms with Crippen molar-refractivity contribution in [2.24, 2.45) is 0 Å². The van der Waals surface area contributed by atoms with Crippen molar-refractivity contribution in [3.05, 3.63) is 60.2 Å². The third-order valence-electron chi connectivity index (χ3n) is 3.01. The van der Waals surface area contributed by atoms with Crippen molar-refractivity contribution in [1.29, 1.82) is 0 Å². The van der Waals surface area contributed by atoms with E-state index in [2.05, 4.69) is 5.32 Å². The minimum Gasteiger partial charge on any atom is -0.449 e. The number of nitrogens with one attached hydrogen (secondary N) is 1. The van der Waals surface area contributed by atoms with E-state index in [-0.39, 0.29) is 5.56 Å². The molecule has 0 aliphatic carbocycles. The quantitative estimate of drug-likeness (QED) is 0.626. The molecule has 0 aliphatic heterocycles. The molecule has 126 valence electrons. The van der Waals surface area contributed by atoms with Crippen LogP contribution < -0.4 is 5.32 Å². The lowest BCUT2D eigenvalue weighted by molar-refractivity contribution is -0.123. The van der Waals surface area contributed by atoms with Crippen molar-refractivity contribution < 1.29 is 23.1 Å². The van der Waals surface area contributed by atoms with Gasteiger partial charge in [0.15, 0.2) is 6.10 Å². The van der Waals surface area contributed by atoms with Gasteiger partial charge in [-0.25, -0.2) is 4.79 Å². The molecule has 0 spiro atoms. The highest BCUT2D eigenvalue weighted by Crippen LogP contribution is 2.25. The molecule has 4 nitrogen and oxygen atoms in total. The van der Waals surface area contributed by atoms with Crippen molar-refractivity contribution in [3.8, 4) is 0 Å². The minimum atomic E-state index is -2.52. The van der Waals surface area contributed by atoms with Crippen LogP contribution in [0.25, 0.3) is 0 Å².